The SMILES string of the molecule is CC(C)c1nccn1CC(=O)N1CCC(C(=O)NN)CC1. The van der Waals surface area contributed by atoms with Crippen LogP contribution >= 0.6 is 0 Å². The molecule has 1 aromatic rings. The summed E-state index contributed by atoms with van der Waals surface area (Å²) in [4.78, 5) is 29.9. The van der Waals surface area contributed by atoms with E-state index >= 15 is 0 Å². The Balaban J connectivity index is 1.90. The molecule has 0 unspecified atom stereocenters. The smallest absolute Gasteiger partial charge is 0.242 e. The van der Waals surface area contributed by atoms with Crippen LogP contribution in [0.1, 0.15) is 38.4 Å². The zero-order valence-corrected chi connectivity index (χ0v) is 12.6. The lowest BCUT2D eigenvalue weighted by Gasteiger charge is -2.31. The standard InChI is InChI=1S/C14H23N5O2/c1-10(2)13-16-5-8-19(13)9-12(20)18-6-3-11(4-7-18)14(21)17-15/h5,8,10-11H,3-4,6-7,9,15H2,1-2H3,(H,17,21). The van der Waals surface area contributed by atoms with Crippen LogP contribution in [0.4, 0.5) is 0 Å². The molecule has 1 fully saturated rings. The molecule has 116 valence electrons. The van der Waals surface area contributed by atoms with Crippen molar-refractivity contribution < 1.29 is 9.59 Å². The van der Waals surface area contributed by atoms with Crippen molar-refractivity contribution in [1.29, 1.82) is 0 Å². The number of hydrogen-bond acceptors (Lipinski definition) is 4. The lowest BCUT2D eigenvalue weighted by molar-refractivity contribution is -0.136. The van der Waals surface area contributed by atoms with Gasteiger partial charge in [0.1, 0.15) is 12.4 Å². The molecule has 2 amide bonds. The predicted octanol–water partition coefficient (Wildman–Crippen LogP) is 0.235. The van der Waals surface area contributed by atoms with Crippen molar-refractivity contribution >= 4 is 11.8 Å². The third-order valence-electron chi connectivity index (χ3n) is 3.93. The van der Waals surface area contributed by atoms with Crippen molar-refractivity contribution in [2.24, 2.45) is 11.8 Å². The van der Waals surface area contributed by atoms with E-state index in [1.807, 2.05) is 15.7 Å². The maximum absolute atomic E-state index is 12.3. The Kier molecular flexibility index (Phi) is 4.95. The number of nitrogens with one attached hydrogen (secondary N) is 1. The number of carbonyl (C=O) groups excluding carboxylic acids is 2. The highest BCUT2D eigenvalue weighted by Gasteiger charge is 2.27. The Labute approximate surface area is 124 Å². The Morgan fingerprint density at radius 1 is 1.43 bits per heavy atom. The summed E-state index contributed by atoms with van der Waals surface area (Å²) >= 11 is 0. The minimum absolute atomic E-state index is 0.0708. The fourth-order valence-electron chi connectivity index (χ4n) is 2.71. The number of hydrogen-bond donors (Lipinski definition) is 2. The molecule has 7 nitrogen and oxygen atoms in total. The summed E-state index contributed by atoms with van der Waals surface area (Å²) in [5, 5.41) is 0. The third kappa shape index (κ3) is 3.60. The Morgan fingerprint density at radius 3 is 2.67 bits per heavy atom. The van der Waals surface area contributed by atoms with Crippen LogP contribution in [0.15, 0.2) is 12.4 Å². The van der Waals surface area contributed by atoms with Gasteiger partial charge in [-0.2, -0.15) is 0 Å². The molecule has 2 heterocycles. The molecular formula is C14H23N5O2. The fraction of sp³-hybridized carbons (Fsp3) is 0.643. The summed E-state index contributed by atoms with van der Waals surface area (Å²) in [5.41, 5.74) is 2.18. The van der Waals surface area contributed by atoms with Gasteiger partial charge < -0.3 is 9.47 Å². The van der Waals surface area contributed by atoms with Gasteiger partial charge in [-0.1, -0.05) is 13.8 Å². The first kappa shape index (κ1) is 15.5. The van der Waals surface area contributed by atoms with Gasteiger partial charge in [-0.15, -0.1) is 0 Å². The number of rotatable bonds is 4. The molecule has 1 saturated heterocycles. The van der Waals surface area contributed by atoms with E-state index in [9.17, 15) is 9.59 Å². The summed E-state index contributed by atoms with van der Waals surface area (Å²) in [7, 11) is 0. The van der Waals surface area contributed by atoms with Crippen molar-refractivity contribution in [2.75, 3.05) is 13.1 Å². The minimum atomic E-state index is -0.140. The van der Waals surface area contributed by atoms with E-state index in [-0.39, 0.29) is 23.7 Å². The molecule has 1 aromatic heterocycles. The molecule has 0 atom stereocenters. The number of imidazole rings is 1. The van der Waals surface area contributed by atoms with Gasteiger partial charge in [0.25, 0.3) is 0 Å². The summed E-state index contributed by atoms with van der Waals surface area (Å²) in [6, 6.07) is 0. The molecule has 0 saturated carbocycles. The average molecular weight is 293 g/mol. The first-order valence-corrected chi connectivity index (χ1v) is 7.32. The number of carbonyl (C=O) groups is 2. The topological polar surface area (TPSA) is 93.2 Å². The Bertz CT molecular complexity index is 503. The predicted molar refractivity (Wildman–Crippen MR) is 78.0 cm³/mol. The quantitative estimate of drug-likeness (QED) is 0.472. The van der Waals surface area contributed by atoms with Crippen LogP contribution in [0.2, 0.25) is 0 Å². The molecule has 0 aliphatic carbocycles. The van der Waals surface area contributed by atoms with Gasteiger partial charge in [0.05, 0.1) is 0 Å². The van der Waals surface area contributed by atoms with Crippen LogP contribution in [0.3, 0.4) is 0 Å². The number of likely N-dealkylation sites (tertiary alicyclic amines) is 1. The van der Waals surface area contributed by atoms with E-state index in [2.05, 4.69) is 24.3 Å². The molecule has 1 aliphatic heterocycles. The van der Waals surface area contributed by atoms with Crippen LogP contribution < -0.4 is 11.3 Å². The zero-order valence-electron chi connectivity index (χ0n) is 12.6. The highest BCUT2D eigenvalue weighted by atomic mass is 16.2. The Hall–Kier alpha value is -1.89. The molecule has 21 heavy (non-hydrogen) atoms. The summed E-state index contributed by atoms with van der Waals surface area (Å²) < 4.78 is 1.89. The van der Waals surface area contributed by atoms with Crippen molar-refractivity contribution in [1.82, 2.24) is 19.9 Å². The van der Waals surface area contributed by atoms with E-state index in [0.717, 1.165) is 5.82 Å². The normalized spacial score (nSPS) is 16.3. The molecule has 2 rings (SSSR count). The molecule has 7 heteroatoms. The fourth-order valence-corrected chi connectivity index (χ4v) is 2.71. The summed E-state index contributed by atoms with van der Waals surface area (Å²) in [6.07, 6.45) is 4.88. The largest absolute Gasteiger partial charge is 0.341 e. The lowest BCUT2D eigenvalue weighted by Crippen LogP contribution is -2.45. The lowest BCUT2D eigenvalue weighted by atomic mass is 9.96. The first-order valence-electron chi connectivity index (χ1n) is 7.32. The average Bonchev–Trinajstić information content (AvgIpc) is 2.95. The molecule has 1 aliphatic rings. The summed E-state index contributed by atoms with van der Waals surface area (Å²) in [6.45, 7) is 5.62. The number of nitrogens with two attached hydrogens (primary N) is 1. The van der Waals surface area contributed by atoms with Crippen LogP contribution in [0.25, 0.3) is 0 Å². The van der Waals surface area contributed by atoms with E-state index in [1.165, 1.54) is 0 Å². The number of amides is 2. The summed E-state index contributed by atoms with van der Waals surface area (Å²) in [5.74, 6) is 6.19. The molecule has 3 N–H and O–H groups in total. The van der Waals surface area contributed by atoms with E-state index in [4.69, 9.17) is 5.84 Å². The minimum Gasteiger partial charge on any atom is -0.341 e. The van der Waals surface area contributed by atoms with Gasteiger partial charge in [0.2, 0.25) is 11.8 Å². The molecular weight excluding hydrogens is 270 g/mol. The Morgan fingerprint density at radius 2 is 2.10 bits per heavy atom. The highest BCUT2D eigenvalue weighted by Crippen LogP contribution is 2.18. The van der Waals surface area contributed by atoms with Gasteiger partial charge in [0.15, 0.2) is 0 Å². The second kappa shape index (κ2) is 6.71. The number of hydrazine groups is 1. The number of piperidine rings is 1. The van der Waals surface area contributed by atoms with Gasteiger partial charge in [0, 0.05) is 37.3 Å². The van der Waals surface area contributed by atoms with Gasteiger partial charge in [-0.05, 0) is 12.8 Å². The van der Waals surface area contributed by atoms with Gasteiger partial charge in [-0.3, -0.25) is 15.0 Å². The van der Waals surface area contributed by atoms with Gasteiger partial charge >= 0.3 is 0 Å². The monoisotopic (exact) mass is 293 g/mol. The van der Waals surface area contributed by atoms with Gasteiger partial charge in [-0.25, -0.2) is 10.8 Å². The van der Waals surface area contributed by atoms with Crippen LogP contribution in [0.5, 0.6) is 0 Å². The maximum atomic E-state index is 12.3. The zero-order chi connectivity index (χ0) is 15.4. The van der Waals surface area contributed by atoms with E-state index in [1.54, 1.807) is 6.20 Å². The molecule has 0 spiro atoms. The first-order chi connectivity index (χ1) is 10.0. The van der Waals surface area contributed by atoms with Crippen LogP contribution in [-0.4, -0.2) is 39.4 Å². The molecule has 0 radical (unpaired) electrons. The number of nitrogens with zero attached hydrogens (tertiary/aromatic N) is 3. The van der Waals surface area contributed by atoms with Crippen molar-refractivity contribution in [3.05, 3.63) is 18.2 Å². The van der Waals surface area contributed by atoms with Crippen LogP contribution in [0, 0.1) is 5.92 Å². The van der Waals surface area contributed by atoms with E-state index < -0.39 is 0 Å². The van der Waals surface area contributed by atoms with Crippen molar-refractivity contribution in [2.45, 2.75) is 39.2 Å². The molecule has 0 aromatic carbocycles. The van der Waals surface area contributed by atoms with Crippen molar-refractivity contribution in [3.8, 4) is 0 Å². The van der Waals surface area contributed by atoms with Crippen LogP contribution in [-0.2, 0) is 16.1 Å². The third-order valence-corrected chi connectivity index (χ3v) is 3.93. The molecule has 0 bridgehead atoms. The number of aromatic nitrogens is 2. The second-order valence-corrected chi connectivity index (χ2v) is 5.73. The van der Waals surface area contributed by atoms with Crippen molar-refractivity contribution in [3.63, 3.8) is 0 Å². The van der Waals surface area contributed by atoms with E-state index in [0.29, 0.717) is 32.5 Å². The maximum Gasteiger partial charge on any atom is 0.242 e. The second-order valence-electron chi connectivity index (χ2n) is 5.73. The highest BCUT2D eigenvalue weighted by molar-refractivity contribution is 5.79.